The van der Waals surface area contributed by atoms with Crippen LogP contribution in [0.1, 0.15) is 34.7 Å². The molecule has 1 unspecified atom stereocenters. The van der Waals surface area contributed by atoms with E-state index in [2.05, 4.69) is 17.2 Å². The highest BCUT2D eigenvalue weighted by Gasteiger charge is 2.21. The summed E-state index contributed by atoms with van der Waals surface area (Å²) in [4.78, 5) is 5.49. The molecule has 1 atom stereocenters. The van der Waals surface area contributed by atoms with Gasteiger partial charge in [-0.05, 0) is 24.6 Å². The van der Waals surface area contributed by atoms with E-state index in [0.29, 0.717) is 29.8 Å². The fourth-order valence-corrected chi connectivity index (χ4v) is 3.67. The number of rotatable bonds is 5. The molecule has 0 saturated carbocycles. The Morgan fingerprint density at radius 2 is 2.14 bits per heavy atom. The maximum absolute atomic E-state index is 6.23. The lowest BCUT2D eigenvalue weighted by atomic mass is 10.1. The van der Waals surface area contributed by atoms with E-state index in [1.54, 1.807) is 17.4 Å². The average molecular weight is 359 g/mol. The van der Waals surface area contributed by atoms with Gasteiger partial charge in [-0.25, -0.2) is 4.98 Å². The number of hydrogen-bond donors (Lipinski definition) is 1. The minimum absolute atomic E-state index is 0.120. The Morgan fingerprint density at radius 3 is 2.86 bits per heavy atom. The monoisotopic (exact) mass is 358 g/mol. The number of nitrogens with one attached hydrogen (secondary N) is 1. The van der Waals surface area contributed by atoms with Gasteiger partial charge in [-0.2, -0.15) is 0 Å². The molecule has 1 N–H and O–H groups in total. The van der Waals surface area contributed by atoms with Crippen molar-refractivity contribution in [3.63, 3.8) is 0 Å². The molecule has 0 radical (unpaired) electrons. The fourth-order valence-electron chi connectivity index (χ4n) is 2.23. The van der Waals surface area contributed by atoms with E-state index in [1.807, 2.05) is 18.3 Å². The summed E-state index contributed by atoms with van der Waals surface area (Å²) in [6, 6.07) is 5.67. The van der Waals surface area contributed by atoms with Crippen molar-refractivity contribution in [2.45, 2.75) is 25.8 Å². The highest BCUT2D eigenvalue weighted by Crippen LogP contribution is 2.29. The van der Waals surface area contributed by atoms with Crippen molar-refractivity contribution in [2.24, 2.45) is 0 Å². The van der Waals surface area contributed by atoms with E-state index in [1.165, 1.54) is 0 Å². The Bertz CT molecular complexity index is 644. The number of aromatic nitrogens is 1. The zero-order valence-electron chi connectivity index (χ0n) is 12.0. The first-order valence-electron chi connectivity index (χ1n) is 6.99. The van der Waals surface area contributed by atoms with Gasteiger partial charge in [-0.3, -0.25) is 0 Å². The van der Waals surface area contributed by atoms with E-state index in [0.717, 1.165) is 15.4 Å². The van der Waals surface area contributed by atoms with Gasteiger partial charge < -0.3 is 14.8 Å². The van der Waals surface area contributed by atoms with Gasteiger partial charge >= 0.3 is 0 Å². The largest absolute Gasteiger partial charge is 0.344 e. The number of halogens is 2. The molecule has 0 spiro atoms. The van der Waals surface area contributed by atoms with Crippen LogP contribution in [0.25, 0.3) is 0 Å². The van der Waals surface area contributed by atoms with Crippen LogP contribution in [-0.4, -0.2) is 18.2 Å². The second-order valence-corrected chi connectivity index (χ2v) is 7.00. The Balaban J connectivity index is 1.59. The Kier molecular flexibility index (Phi) is 5.33. The predicted molar refractivity (Wildman–Crippen MR) is 88.5 cm³/mol. The van der Waals surface area contributed by atoms with E-state index in [-0.39, 0.29) is 12.3 Å². The summed E-state index contributed by atoms with van der Waals surface area (Å²) in [6.07, 6.45) is 1.55. The summed E-state index contributed by atoms with van der Waals surface area (Å²) in [6.45, 7) is 4.04. The van der Waals surface area contributed by atoms with Crippen LogP contribution in [0.15, 0.2) is 24.4 Å². The van der Waals surface area contributed by atoms with Crippen LogP contribution < -0.4 is 5.32 Å². The van der Waals surface area contributed by atoms with Crippen LogP contribution in [0.2, 0.25) is 10.0 Å². The summed E-state index contributed by atoms with van der Waals surface area (Å²) < 4.78 is 10.9. The normalized spacial score (nSPS) is 17.0. The molecule has 1 aliphatic heterocycles. The lowest BCUT2D eigenvalue weighted by Gasteiger charge is -2.15. The van der Waals surface area contributed by atoms with Gasteiger partial charge in [0, 0.05) is 33.7 Å². The van der Waals surface area contributed by atoms with Gasteiger partial charge in [-0.15, -0.1) is 11.3 Å². The average Bonchev–Trinajstić information content (AvgIpc) is 3.16. The quantitative estimate of drug-likeness (QED) is 0.862. The minimum Gasteiger partial charge on any atom is -0.344 e. The van der Waals surface area contributed by atoms with E-state index in [4.69, 9.17) is 32.7 Å². The summed E-state index contributed by atoms with van der Waals surface area (Å²) in [5.41, 5.74) is 1.03. The van der Waals surface area contributed by atoms with E-state index in [9.17, 15) is 0 Å². The van der Waals surface area contributed by atoms with Crippen molar-refractivity contribution in [2.75, 3.05) is 13.2 Å². The van der Waals surface area contributed by atoms with Crippen LogP contribution in [0.3, 0.4) is 0 Å². The first-order valence-corrected chi connectivity index (χ1v) is 8.57. The lowest BCUT2D eigenvalue weighted by molar-refractivity contribution is -0.0442. The fraction of sp³-hybridized carbons (Fsp3) is 0.400. The molecule has 118 valence electrons. The molecule has 1 saturated heterocycles. The van der Waals surface area contributed by atoms with E-state index >= 15 is 0 Å². The van der Waals surface area contributed by atoms with Gasteiger partial charge in [0.05, 0.1) is 13.2 Å². The number of thiazole rings is 1. The molecule has 1 aromatic heterocycles. The van der Waals surface area contributed by atoms with Crippen LogP contribution in [0.5, 0.6) is 0 Å². The Labute approximate surface area is 143 Å². The third-order valence-electron chi connectivity index (χ3n) is 3.41. The first kappa shape index (κ1) is 16.2. The standard InChI is InChI=1S/C15H16Cl2N2O2S/c1-9(12-3-2-10(16)6-13(12)17)18-7-11-8-19-14(22-11)15-20-4-5-21-15/h2-3,6,8-9,15,18H,4-5,7H2,1H3. The lowest BCUT2D eigenvalue weighted by Crippen LogP contribution is -2.17. The van der Waals surface area contributed by atoms with Gasteiger partial charge in [0.2, 0.25) is 6.29 Å². The van der Waals surface area contributed by atoms with Crippen molar-refractivity contribution in [1.82, 2.24) is 10.3 Å². The van der Waals surface area contributed by atoms with Crippen molar-refractivity contribution < 1.29 is 9.47 Å². The molecular formula is C15H16Cl2N2O2S. The smallest absolute Gasteiger partial charge is 0.211 e. The Morgan fingerprint density at radius 1 is 1.36 bits per heavy atom. The van der Waals surface area contributed by atoms with Crippen molar-refractivity contribution >= 4 is 34.5 Å². The topological polar surface area (TPSA) is 43.4 Å². The van der Waals surface area contributed by atoms with Crippen LogP contribution in [0, 0.1) is 0 Å². The number of benzene rings is 1. The van der Waals surface area contributed by atoms with Gasteiger partial charge in [0.1, 0.15) is 5.01 Å². The highest BCUT2D eigenvalue weighted by atomic mass is 35.5. The SMILES string of the molecule is CC(NCc1cnc(C2OCCO2)s1)c1ccc(Cl)cc1Cl. The van der Waals surface area contributed by atoms with Gasteiger partial charge in [-0.1, -0.05) is 29.3 Å². The van der Waals surface area contributed by atoms with Gasteiger partial charge in [0.15, 0.2) is 0 Å². The maximum atomic E-state index is 6.23. The second kappa shape index (κ2) is 7.25. The number of hydrogen-bond acceptors (Lipinski definition) is 5. The molecule has 4 nitrogen and oxygen atoms in total. The molecule has 7 heteroatoms. The van der Waals surface area contributed by atoms with Gasteiger partial charge in [0.25, 0.3) is 0 Å². The summed E-state index contributed by atoms with van der Waals surface area (Å²) in [5, 5.41) is 5.62. The molecule has 0 bridgehead atoms. The zero-order valence-corrected chi connectivity index (χ0v) is 14.3. The molecule has 0 aliphatic carbocycles. The second-order valence-electron chi connectivity index (χ2n) is 5.01. The molecule has 0 amide bonds. The molecule has 1 fully saturated rings. The molecule has 1 aliphatic rings. The minimum atomic E-state index is -0.304. The molecule has 2 aromatic rings. The van der Waals surface area contributed by atoms with Crippen LogP contribution in [-0.2, 0) is 16.0 Å². The van der Waals surface area contributed by atoms with Crippen molar-refractivity contribution in [3.8, 4) is 0 Å². The third-order valence-corrected chi connectivity index (χ3v) is 4.99. The summed E-state index contributed by atoms with van der Waals surface area (Å²) >= 11 is 13.7. The van der Waals surface area contributed by atoms with Crippen molar-refractivity contribution in [1.29, 1.82) is 0 Å². The molecule has 3 rings (SSSR count). The Hall–Kier alpha value is -0.690. The van der Waals surface area contributed by atoms with E-state index < -0.39 is 0 Å². The maximum Gasteiger partial charge on any atom is 0.211 e. The molecule has 2 heterocycles. The molecular weight excluding hydrogens is 343 g/mol. The number of nitrogens with zero attached hydrogens (tertiary/aromatic N) is 1. The zero-order chi connectivity index (χ0) is 15.5. The predicted octanol–water partition coefficient (Wildman–Crippen LogP) is 4.35. The van der Waals surface area contributed by atoms with Crippen LogP contribution in [0.4, 0.5) is 0 Å². The third kappa shape index (κ3) is 3.79. The van der Waals surface area contributed by atoms with Crippen molar-refractivity contribution in [3.05, 3.63) is 49.9 Å². The molecule has 1 aromatic carbocycles. The molecule has 22 heavy (non-hydrogen) atoms. The summed E-state index contributed by atoms with van der Waals surface area (Å²) in [5.74, 6) is 0. The number of ether oxygens (including phenoxy) is 2. The summed E-state index contributed by atoms with van der Waals surface area (Å²) in [7, 11) is 0. The highest BCUT2D eigenvalue weighted by molar-refractivity contribution is 7.11. The first-order chi connectivity index (χ1) is 10.6. The van der Waals surface area contributed by atoms with Crippen LogP contribution >= 0.6 is 34.5 Å².